The van der Waals surface area contributed by atoms with Crippen LogP contribution in [0.2, 0.25) is 0 Å². The van der Waals surface area contributed by atoms with Gasteiger partial charge in [-0.3, -0.25) is 4.79 Å². The normalized spacial score (nSPS) is 14.2. The van der Waals surface area contributed by atoms with Crippen molar-refractivity contribution in [2.24, 2.45) is 0 Å². The fourth-order valence-corrected chi connectivity index (χ4v) is 3.01. The maximum Gasteiger partial charge on any atom is 0.471 e. The summed E-state index contributed by atoms with van der Waals surface area (Å²) in [4.78, 5) is 10.8. The molecule has 0 aliphatic carbocycles. The molecule has 0 aliphatic heterocycles. The maximum absolute atomic E-state index is 12.2. The Balaban J connectivity index is 3.45. The quantitative estimate of drug-likeness (QED) is 0.327. The molecule has 156 valence electrons. The van der Waals surface area contributed by atoms with Gasteiger partial charge in [-0.25, -0.2) is 0 Å². The molecule has 2 unspecified atom stereocenters. The van der Waals surface area contributed by atoms with Gasteiger partial charge in [-0.2, -0.15) is 13.2 Å². The summed E-state index contributed by atoms with van der Waals surface area (Å²) in [7, 11) is 0. The average molecular weight is 382 g/mol. The van der Waals surface area contributed by atoms with Gasteiger partial charge in [0.05, 0.1) is 12.1 Å². The molecule has 0 aliphatic rings. The van der Waals surface area contributed by atoms with Crippen LogP contribution in [-0.4, -0.2) is 29.3 Å². The van der Waals surface area contributed by atoms with E-state index in [1.165, 1.54) is 71.1 Å². The third kappa shape index (κ3) is 14.4. The van der Waals surface area contributed by atoms with E-state index < -0.39 is 24.2 Å². The van der Waals surface area contributed by atoms with E-state index in [1.807, 2.05) is 0 Å². The molecular formula is C20H38F3NO2. The molecule has 2 N–H and O–H groups in total. The van der Waals surface area contributed by atoms with Crippen LogP contribution in [0.15, 0.2) is 0 Å². The zero-order chi connectivity index (χ0) is 19.8. The number of halogens is 3. The van der Waals surface area contributed by atoms with Gasteiger partial charge in [0.15, 0.2) is 0 Å². The van der Waals surface area contributed by atoms with Crippen LogP contribution in [0.5, 0.6) is 0 Å². The van der Waals surface area contributed by atoms with Crippen LogP contribution in [0.25, 0.3) is 0 Å². The average Bonchev–Trinajstić information content (AvgIpc) is 2.57. The molecule has 2 atom stereocenters. The molecule has 0 bridgehead atoms. The van der Waals surface area contributed by atoms with Crippen molar-refractivity contribution in [2.45, 2.75) is 122 Å². The summed E-state index contributed by atoms with van der Waals surface area (Å²) < 4.78 is 36.5. The van der Waals surface area contributed by atoms with Crippen molar-refractivity contribution in [1.82, 2.24) is 5.32 Å². The second-order valence-electron chi connectivity index (χ2n) is 7.36. The molecule has 0 aromatic carbocycles. The number of rotatable bonds is 16. The van der Waals surface area contributed by atoms with Crippen LogP contribution >= 0.6 is 0 Å². The number of unbranched alkanes of at least 4 members (excludes halogenated alkanes) is 12. The molecule has 0 saturated carbocycles. The SMILES string of the molecule is CCCCCCCCCCCCCCCC(O)C(C)NC(=O)C(F)(F)F. The lowest BCUT2D eigenvalue weighted by Crippen LogP contribution is -2.46. The molecule has 0 radical (unpaired) electrons. The second-order valence-corrected chi connectivity index (χ2v) is 7.36. The first-order valence-electron chi connectivity index (χ1n) is 10.3. The summed E-state index contributed by atoms with van der Waals surface area (Å²) >= 11 is 0. The highest BCUT2D eigenvalue weighted by atomic mass is 19.4. The number of hydrogen-bond acceptors (Lipinski definition) is 2. The standard InChI is InChI=1S/C20H38F3NO2/c1-3-4-5-6-7-8-9-10-11-12-13-14-15-16-18(25)17(2)24-19(26)20(21,22)23/h17-18,25H,3-16H2,1-2H3,(H,24,26). The van der Waals surface area contributed by atoms with Crippen molar-refractivity contribution >= 4 is 5.91 Å². The van der Waals surface area contributed by atoms with Gasteiger partial charge in [0.2, 0.25) is 0 Å². The van der Waals surface area contributed by atoms with Gasteiger partial charge in [0.1, 0.15) is 0 Å². The Labute approximate surface area is 157 Å². The smallest absolute Gasteiger partial charge is 0.391 e. The Morgan fingerprint density at radius 3 is 1.62 bits per heavy atom. The summed E-state index contributed by atoms with van der Waals surface area (Å²) in [5.41, 5.74) is 0. The Morgan fingerprint density at radius 2 is 1.23 bits per heavy atom. The van der Waals surface area contributed by atoms with Gasteiger partial charge in [-0.05, 0) is 13.3 Å². The molecule has 0 rings (SSSR count). The molecule has 0 aromatic rings. The Kier molecular flexibility index (Phi) is 14.8. The van der Waals surface area contributed by atoms with Gasteiger partial charge in [0, 0.05) is 0 Å². The number of amides is 1. The molecule has 0 heterocycles. The van der Waals surface area contributed by atoms with E-state index in [0.29, 0.717) is 6.42 Å². The largest absolute Gasteiger partial charge is 0.471 e. The molecule has 0 saturated heterocycles. The minimum atomic E-state index is -4.90. The monoisotopic (exact) mass is 381 g/mol. The zero-order valence-electron chi connectivity index (χ0n) is 16.5. The Bertz CT molecular complexity index is 348. The van der Waals surface area contributed by atoms with Crippen LogP contribution in [0, 0.1) is 0 Å². The van der Waals surface area contributed by atoms with Crippen LogP contribution in [0.1, 0.15) is 104 Å². The highest BCUT2D eigenvalue weighted by Crippen LogP contribution is 2.16. The van der Waals surface area contributed by atoms with Crippen molar-refractivity contribution in [3.8, 4) is 0 Å². The van der Waals surface area contributed by atoms with Crippen molar-refractivity contribution < 1.29 is 23.1 Å². The summed E-state index contributed by atoms with van der Waals surface area (Å²) in [6.07, 6.45) is 10.4. The predicted molar refractivity (Wildman–Crippen MR) is 100.0 cm³/mol. The van der Waals surface area contributed by atoms with Crippen molar-refractivity contribution in [2.75, 3.05) is 0 Å². The van der Waals surface area contributed by atoms with E-state index in [9.17, 15) is 23.1 Å². The summed E-state index contributed by atoms with van der Waals surface area (Å²) in [5.74, 6) is -1.99. The molecular weight excluding hydrogens is 343 g/mol. The van der Waals surface area contributed by atoms with E-state index in [1.54, 1.807) is 5.32 Å². The topological polar surface area (TPSA) is 49.3 Å². The van der Waals surface area contributed by atoms with E-state index in [2.05, 4.69) is 6.92 Å². The third-order valence-electron chi connectivity index (χ3n) is 4.80. The van der Waals surface area contributed by atoms with Crippen LogP contribution in [0.4, 0.5) is 13.2 Å². The highest BCUT2D eigenvalue weighted by Gasteiger charge is 2.39. The summed E-state index contributed by atoms with van der Waals surface area (Å²) in [6, 6.07) is -0.888. The van der Waals surface area contributed by atoms with Crippen molar-refractivity contribution in [1.29, 1.82) is 0 Å². The molecule has 1 amide bonds. The van der Waals surface area contributed by atoms with Crippen LogP contribution in [-0.2, 0) is 4.79 Å². The summed E-state index contributed by atoms with van der Waals surface area (Å²) in [6.45, 7) is 3.63. The number of alkyl halides is 3. The van der Waals surface area contributed by atoms with Crippen molar-refractivity contribution in [3.63, 3.8) is 0 Å². The molecule has 26 heavy (non-hydrogen) atoms. The van der Waals surface area contributed by atoms with Gasteiger partial charge >= 0.3 is 12.1 Å². The first-order chi connectivity index (χ1) is 12.3. The number of aliphatic hydroxyl groups is 1. The first-order valence-corrected chi connectivity index (χ1v) is 10.3. The van der Waals surface area contributed by atoms with E-state index in [0.717, 1.165) is 19.3 Å². The molecule has 3 nitrogen and oxygen atoms in total. The number of aliphatic hydroxyl groups excluding tert-OH is 1. The summed E-state index contributed by atoms with van der Waals surface area (Å²) in [5, 5.41) is 11.6. The number of nitrogens with one attached hydrogen (secondary N) is 1. The van der Waals surface area contributed by atoms with Gasteiger partial charge in [-0.1, -0.05) is 90.4 Å². The van der Waals surface area contributed by atoms with Crippen LogP contribution in [0.3, 0.4) is 0 Å². The third-order valence-corrected chi connectivity index (χ3v) is 4.80. The predicted octanol–water partition coefficient (Wildman–Crippen LogP) is 5.90. The molecule has 0 spiro atoms. The Hall–Kier alpha value is -0.780. The highest BCUT2D eigenvalue weighted by molar-refractivity contribution is 5.81. The van der Waals surface area contributed by atoms with E-state index >= 15 is 0 Å². The fourth-order valence-electron chi connectivity index (χ4n) is 3.01. The molecule has 0 aromatic heterocycles. The van der Waals surface area contributed by atoms with Gasteiger partial charge < -0.3 is 10.4 Å². The minimum absolute atomic E-state index is 0.414. The minimum Gasteiger partial charge on any atom is -0.391 e. The Morgan fingerprint density at radius 1 is 0.846 bits per heavy atom. The van der Waals surface area contributed by atoms with Gasteiger partial charge in [-0.15, -0.1) is 0 Å². The lowest BCUT2D eigenvalue weighted by molar-refractivity contribution is -0.175. The lowest BCUT2D eigenvalue weighted by atomic mass is 10.0. The second kappa shape index (κ2) is 15.3. The molecule has 6 heteroatoms. The fraction of sp³-hybridized carbons (Fsp3) is 0.950. The molecule has 0 fully saturated rings. The lowest BCUT2D eigenvalue weighted by Gasteiger charge is -2.20. The van der Waals surface area contributed by atoms with Gasteiger partial charge in [0.25, 0.3) is 0 Å². The maximum atomic E-state index is 12.2. The number of carbonyl (C=O) groups excluding carboxylic acids is 1. The van der Waals surface area contributed by atoms with Crippen molar-refractivity contribution in [3.05, 3.63) is 0 Å². The zero-order valence-corrected chi connectivity index (χ0v) is 16.5. The van der Waals surface area contributed by atoms with E-state index in [4.69, 9.17) is 0 Å². The number of carbonyl (C=O) groups is 1. The van der Waals surface area contributed by atoms with E-state index in [-0.39, 0.29) is 0 Å². The first kappa shape index (κ1) is 25.2. The van der Waals surface area contributed by atoms with Crippen LogP contribution < -0.4 is 5.32 Å². The number of hydrogen-bond donors (Lipinski definition) is 2.